The van der Waals surface area contributed by atoms with Crippen LogP contribution in [0.15, 0.2) is 12.4 Å². The van der Waals surface area contributed by atoms with Crippen molar-refractivity contribution in [2.24, 2.45) is 0 Å². The lowest BCUT2D eigenvalue weighted by atomic mass is 10.1. The molecule has 3 heteroatoms. The van der Waals surface area contributed by atoms with Crippen molar-refractivity contribution in [2.75, 3.05) is 7.05 Å². The van der Waals surface area contributed by atoms with Gasteiger partial charge in [0.25, 0.3) is 0 Å². The highest BCUT2D eigenvalue weighted by Gasteiger charge is 2.18. The summed E-state index contributed by atoms with van der Waals surface area (Å²) in [6.07, 6.45) is 10.7. The third kappa shape index (κ3) is 2.23. The van der Waals surface area contributed by atoms with Crippen LogP contribution in [0.5, 0.6) is 0 Å². The summed E-state index contributed by atoms with van der Waals surface area (Å²) in [6, 6.07) is 1.12. The van der Waals surface area contributed by atoms with Crippen LogP contribution >= 0.6 is 0 Å². The Morgan fingerprint density at radius 2 is 2.27 bits per heavy atom. The predicted octanol–water partition coefficient (Wildman–Crippen LogP) is 2.67. The Morgan fingerprint density at radius 3 is 2.87 bits per heavy atom. The Morgan fingerprint density at radius 1 is 1.53 bits per heavy atom. The molecule has 15 heavy (non-hydrogen) atoms. The number of rotatable bonds is 4. The van der Waals surface area contributed by atoms with E-state index in [-0.39, 0.29) is 0 Å². The highest BCUT2D eigenvalue weighted by atomic mass is 15.3. The van der Waals surface area contributed by atoms with Crippen molar-refractivity contribution < 1.29 is 0 Å². The Kier molecular flexibility index (Phi) is 3.41. The molecule has 84 valence electrons. The molecule has 1 atom stereocenters. The van der Waals surface area contributed by atoms with E-state index in [4.69, 9.17) is 0 Å². The van der Waals surface area contributed by atoms with Gasteiger partial charge in [0.15, 0.2) is 0 Å². The van der Waals surface area contributed by atoms with Gasteiger partial charge in [-0.3, -0.25) is 4.68 Å². The van der Waals surface area contributed by atoms with Gasteiger partial charge >= 0.3 is 0 Å². The van der Waals surface area contributed by atoms with Gasteiger partial charge in [0, 0.05) is 17.8 Å². The number of nitrogens with one attached hydrogen (secondary N) is 1. The van der Waals surface area contributed by atoms with Gasteiger partial charge in [0.2, 0.25) is 0 Å². The van der Waals surface area contributed by atoms with Gasteiger partial charge in [-0.25, -0.2) is 0 Å². The number of nitrogens with zero attached hydrogens (tertiary/aromatic N) is 2. The molecule has 0 amide bonds. The Labute approximate surface area is 91.9 Å². The molecule has 0 radical (unpaired) electrons. The summed E-state index contributed by atoms with van der Waals surface area (Å²) in [5.74, 6) is 0. The molecule has 1 unspecified atom stereocenters. The second kappa shape index (κ2) is 4.79. The Balaban J connectivity index is 2.08. The van der Waals surface area contributed by atoms with Crippen LogP contribution in [0.3, 0.4) is 0 Å². The molecular weight excluding hydrogens is 186 g/mol. The van der Waals surface area contributed by atoms with E-state index in [0.29, 0.717) is 12.1 Å². The molecule has 1 saturated carbocycles. The molecule has 1 aromatic rings. The standard InChI is InChI=1S/C12H21N3/c1-3-12(13-2)10-8-14-15(9-10)11-6-4-5-7-11/h8-9,11-13H,3-7H2,1-2H3. The van der Waals surface area contributed by atoms with Crippen LogP contribution in [0.25, 0.3) is 0 Å². The van der Waals surface area contributed by atoms with Gasteiger partial charge in [-0.2, -0.15) is 5.10 Å². The van der Waals surface area contributed by atoms with Gasteiger partial charge in [-0.1, -0.05) is 19.8 Å². The molecule has 3 nitrogen and oxygen atoms in total. The summed E-state index contributed by atoms with van der Waals surface area (Å²) < 4.78 is 2.17. The topological polar surface area (TPSA) is 29.9 Å². The first-order chi connectivity index (χ1) is 7.35. The molecule has 1 heterocycles. The second-order valence-electron chi connectivity index (χ2n) is 4.44. The van der Waals surface area contributed by atoms with Crippen molar-refractivity contribution in [3.8, 4) is 0 Å². The number of hydrogen-bond donors (Lipinski definition) is 1. The number of hydrogen-bond acceptors (Lipinski definition) is 2. The minimum absolute atomic E-state index is 0.458. The molecule has 1 N–H and O–H groups in total. The molecule has 1 aromatic heterocycles. The van der Waals surface area contributed by atoms with Gasteiger partial charge in [0.1, 0.15) is 0 Å². The largest absolute Gasteiger partial charge is 0.313 e. The van der Waals surface area contributed by atoms with E-state index in [1.165, 1.54) is 31.2 Å². The summed E-state index contributed by atoms with van der Waals surface area (Å²) in [5, 5.41) is 7.81. The average Bonchev–Trinajstić information content (AvgIpc) is 2.89. The van der Waals surface area contributed by atoms with Crippen LogP contribution in [0.2, 0.25) is 0 Å². The fourth-order valence-electron chi connectivity index (χ4n) is 2.51. The van der Waals surface area contributed by atoms with E-state index in [9.17, 15) is 0 Å². The molecule has 0 spiro atoms. The zero-order valence-electron chi connectivity index (χ0n) is 9.74. The Hall–Kier alpha value is -0.830. The summed E-state index contributed by atoms with van der Waals surface area (Å²) >= 11 is 0. The molecule has 0 saturated heterocycles. The van der Waals surface area contributed by atoms with Crippen LogP contribution < -0.4 is 5.32 Å². The quantitative estimate of drug-likeness (QED) is 0.822. The normalized spacial score (nSPS) is 19.6. The van der Waals surface area contributed by atoms with Crippen LogP contribution in [-0.2, 0) is 0 Å². The van der Waals surface area contributed by atoms with Crippen molar-refractivity contribution in [1.82, 2.24) is 15.1 Å². The zero-order chi connectivity index (χ0) is 10.7. The van der Waals surface area contributed by atoms with Gasteiger partial charge in [0.05, 0.1) is 12.2 Å². The van der Waals surface area contributed by atoms with E-state index in [2.05, 4.69) is 28.2 Å². The molecule has 2 rings (SSSR count). The summed E-state index contributed by atoms with van der Waals surface area (Å²) in [7, 11) is 2.01. The van der Waals surface area contributed by atoms with Crippen LogP contribution in [0.1, 0.15) is 56.7 Å². The van der Waals surface area contributed by atoms with Crippen molar-refractivity contribution in [3.05, 3.63) is 18.0 Å². The fourth-order valence-corrected chi connectivity index (χ4v) is 2.51. The van der Waals surface area contributed by atoms with Crippen LogP contribution in [0, 0.1) is 0 Å². The first-order valence-corrected chi connectivity index (χ1v) is 6.06. The van der Waals surface area contributed by atoms with Crippen LogP contribution in [0.4, 0.5) is 0 Å². The van der Waals surface area contributed by atoms with E-state index in [1.54, 1.807) is 0 Å². The third-order valence-corrected chi connectivity index (χ3v) is 3.48. The lowest BCUT2D eigenvalue weighted by Crippen LogP contribution is -2.14. The first kappa shape index (κ1) is 10.7. The molecule has 1 aliphatic rings. The predicted molar refractivity (Wildman–Crippen MR) is 61.8 cm³/mol. The van der Waals surface area contributed by atoms with E-state index >= 15 is 0 Å². The van der Waals surface area contributed by atoms with Crippen molar-refractivity contribution in [3.63, 3.8) is 0 Å². The fraction of sp³-hybridized carbons (Fsp3) is 0.750. The summed E-state index contributed by atoms with van der Waals surface area (Å²) in [6.45, 7) is 2.20. The lowest BCUT2D eigenvalue weighted by molar-refractivity contribution is 0.465. The molecule has 0 bridgehead atoms. The van der Waals surface area contributed by atoms with Gasteiger partial charge in [-0.05, 0) is 26.3 Å². The van der Waals surface area contributed by atoms with E-state index in [0.717, 1.165) is 6.42 Å². The van der Waals surface area contributed by atoms with Crippen LogP contribution in [-0.4, -0.2) is 16.8 Å². The first-order valence-electron chi connectivity index (χ1n) is 6.06. The van der Waals surface area contributed by atoms with E-state index in [1.807, 2.05) is 13.2 Å². The number of aromatic nitrogens is 2. The minimum atomic E-state index is 0.458. The summed E-state index contributed by atoms with van der Waals surface area (Å²) in [5.41, 5.74) is 1.33. The second-order valence-corrected chi connectivity index (χ2v) is 4.44. The SMILES string of the molecule is CCC(NC)c1cnn(C2CCCC2)c1. The third-order valence-electron chi connectivity index (χ3n) is 3.48. The minimum Gasteiger partial charge on any atom is -0.313 e. The molecule has 1 fully saturated rings. The maximum atomic E-state index is 4.49. The molecule has 0 aliphatic heterocycles. The maximum Gasteiger partial charge on any atom is 0.0537 e. The highest BCUT2D eigenvalue weighted by molar-refractivity contribution is 5.10. The van der Waals surface area contributed by atoms with E-state index < -0.39 is 0 Å². The lowest BCUT2D eigenvalue weighted by Gasteiger charge is -2.12. The molecule has 1 aliphatic carbocycles. The summed E-state index contributed by atoms with van der Waals surface area (Å²) in [4.78, 5) is 0. The molecule has 0 aromatic carbocycles. The van der Waals surface area contributed by atoms with Crippen molar-refractivity contribution in [2.45, 2.75) is 51.1 Å². The molecular formula is C12H21N3. The van der Waals surface area contributed by atoms with Gasteiger partial charge in [-0.15, -0.1) is 0 Å². The van der Waals surface area contributed by atoms with Gasteiger partial charge < -0.3 is 5.32 Å². The van der Waals surface area contributed by atoms with Crippen molar-refractivity contribution in [1.29, 1.82) is 0 Å². The maximum absolute atomic E-state index is 4.49. The smallest absolute Gasteiger partial charge is 0.0537 e. The Bertz CT molecular complexity index is 279. The highest BCUT2D eigenvalue weighted by Crippen LogP contribution is 2.29. The average molecular weight is 207 g/mol. The monoisotopic (exact) mass is 207 g/mol. The zero-order valence-corrected chi connectivity index (χ0v) is 9.74. The van der Waals surface area contributed by atoms with Crippen molar-refractivity contribution >= 4 is 0 Å².